The fourth-order valence-electron chi connectivity index (χ4n) is 3.79. The van der Waals surface area contributed by atoms with E-state index in [1.807, 2.05) is 27.7 Å². The lowest BCUT2D eigenvalue weighted by Crippen LogP contribution is -2.46. The molecule has 1 aliphatic rings. The molecule has 1 aromatic heterocycles. The summed E-state index contributed by atoms with van der Waals surface area (Å²) in [5.41, 5.74) is 0.266. The van der Waals surface area contributed by atoms with Gasteiger partial charge >= 0.3 is 5.97 Å². The monoisotopic (exact) mass is 433 g/mol. The van der Waals surface area contributed by atoms with Crippen LogP contribution in [0.5, 0.6) is 0 Å². The van der Waals surface area contributed by atoms with Crippen molar-refractivity contribution in [3.8, 4) is 11.8 Å². The molecule has 2 rings (SSSR count). The van der Waals surface area contributed by atoms with E-state index in [2.05, 4.69) is 18.8 Å². The summed E-state index contributed by atoms with van der Waals surface area (Å²) < 4.78 is 5.39. The van der Waals surface area contributed by atoms with Crippen molar-refractivity contribution in [2.24, 2.45) is 17.3 Å². The van der Waals surface area contributed by atoms with E-state index in [-0.39, 0.29) is 28.2 Å². The normalized spacial score (nSPS) is 20.2. The summed E-state index contributed by atoms with van der Waals surface area (Å²) in [5, 5.41) is 9.86. The Morgan fingerprint density at radius 1 is 1.30 bits per heavy atom. The first kappa shape index (κ1) is 24.4. The standard InChI is InChI=1S/C24H35NO4S/c1-7-18(15-29-6)25(22(26)17-10-8-16(2)9-11-17)20-14-19(12-13-24(3,4)5)30-21(20)23(27)28/h14,16-18H,7-11,15H2,1-6H3,(H,27,28)/t16-,17-,18-/m0/s1. The first-order valence-corrected chi connectivity index (χ1v) is 11.6. The number of carboxylic acid groups (broad SMARTS) is 1. The van der Waals surface area contributed by atoms with E-state index in [0.717, 1.165) is 37.0 Å². The number of carbonyl (C=O) groups excluding carboxylic acids is 1. The van der Waals surface area contributed by atoms with Crippen LogP contribution in [0.4, 0.5) is 5.69 Å². The summed E-state index contributed by atoms with van der Waals surface area (Å²) in [5.74, 6) is 5.82. The number of thiophene rings is 1. The molecule has 1 N–H and O–H groups in total. The maximum Gasteiger partial charge on any atom is 0.348 e. The summed E-state index contributed by atoms with van der Waals surface area (Å²) in [7, 11) is 1.61. The second kappa shape index (κ2) is 10.5. The van der Waals surface area contributed by atoms with E-state index in [1.54, 1.807) is 18.1 Å². The molecule has 166 valence electrons. The van der Waals surface area contributed by atoms with Crippen LogP contribution >= 0.6 is 11.3 Å². The number of ether oxygens (including phenoxy) is 1. The second-order valence-electron chi connectivity index (χ2n) is 9.31. The van der Waals surface area contributed by atoms with Gasteiger partial charge in [0.1, 0.15) is 4.88 Å². The van der Waals surface area contributed by atoms with E-state index in [4.69, 9.17) is 4.74 Å². The summed E-state index contributed by atoms with van der Waals surface area (Å²) in [6.07, 6.45) is 4.44. The number of amides is 1. The highest BCUT2D eigenvalue weighted by molar-refractivity contribution is 7.15. The van der Waals surface area contributed by atoms with Gasteiger partial charge in [0.05, 0.1) is 23.2 Å². The number of methoxy groups -OCH3 is 1. The molecule has 0 bridgehead atoms. The van der Waals surface area contributed by atoms with Crippen molar-refractivity contribution in [3.05, 3.63) is 15.8 Å². The van der Waals surface area contributed by atoms with Crippen molar-refractivity contribution in [2.75, 3.05) is 18.6 Å². The molecular weight excluding hydrogens is 398 g/mol. The average molecular weight is 434 g/mol. The Labute approximate surface area is 184 Å². The number of carboxylic acids is 1. The Bertz CT molecular complexity index is 803. The summed E-state index contributed by atoms with van der Waals surface area (Å²) in [4.78, 5) is 28.2. The maximum absolute atomic E-state index is 13.6. The summed E-state index contributed by atoms with van der Waals surface area (Å²) in [6, 6.07) is 1.56. The van der Waals surface area contributed by atoms with E-state index in [9.17, 15) is 14.7 Å². The average Bonchev–Trinajstić information content (AvgIpc) is 3.10. The Morgan fingerprint density at radius 3 is 2.43 bits per heavy atom. The van der Waals surface area contributed by atoms with Gasteiger partial charge in [-0.25, -0.2) is 4.79 Å². The molecule has 1 atom stereocenters. The van der Waals surface area contributed by atoms with Gasteiger partial charge in [0.25, 0.3) is 0 Å². The molecule has 0 radical (unpaired) electrons. The van der Waals surface area contributed by atoms with Gasteiger partial charge in [-0.05, 0) is 64.9 Å². The number of rotatable bonds is 7. The van der Waals surface area contributed by atoms with E-state index < -0.39 is 5.97 Å². The Balaban J connectivity index is 2.51. The SMILES string of the molecule is CC[C@@H](COC)N(c1cc(C#CC(C)(C)C)sc1C(=O)O)C(=O)[C@H]1CC[C@H](C)CC1. The fraction of sp³-hybridized carbons (Fsp3) is 0.667. The fourth-order valence-corrected chi connectivity index (χ4v) is 4.63. The zero-order valence-corrected chi connectivity index (χ0v) is 19.9. The zero-order chi connectivity index (χ0) is 22.5. The quantitative estimate of drug-likeness (QED) is 0.582. The number of hydrogen-bond donors (Lipinski definition) is 1. The van der Waals surface area contributed by atoms with Crippen molar-refractivity contribution in [1.82, 2.24) is 0 Å². The summed E-state index contributed by atoms with van der Waals surface area (Å²) in [6.45, 7) is 10.6. The Morgan fingerprint density at radius 2 is 1.93 bits per heavy atom. The molecule has 5 nitrogen and oxygen atoms in total. The third-order valence-electron chi connectivity index (χ3n) is 5.52. The predicted molar refractivity (Wildman–Crippen MR) is 122 cm³/mol. The molecule has 0 saturated heterocycles. The molecule has 0 aliphatic heterocycles. The Kier molecular flexibility index (Phi) is 8.52. The number of carbonyl (C=O) groups is 2. The predicted octanol–water partition coefficient (Wildman–Crippen LogP) is 5.43. The molecule has 0 spiro atoms. The molecule has 0 aromatic carbocycles. The van der Waals surface area contributed by atoms with Crippen LogP contribution in [0.25, 0.3) is 0 Å². The van der Waals surface area contributed by atoms with Gasteiger partial charge in [-0.2, -0.15) is 0 Å². The van der Waals surface area contributed by atoms with Gasteiger partial charge in [-0.1, -0.05) is 25.7 Å². The topological polar surface area (TPSA) is 66.8 Å². The third kappa shape index (κ3) is 6.33. The minimum Gasteiger partial charge on any atom is -0.477 e. The molecule has 1 amide bonds. The molecule has 1 saturated carbocycles. The van der Waals surface area contributed by atoms with Crippen molar-refractivity contribution in [3.63, 3.8) is 0 Å². The molecule has 30 heavy (non-hydrogen) atoms. The highest BCUT2D eigenvalue weighted by atomic mass is 32.1. The van der Waals surface area contributed by atoms with E-state index in [0.29, 0.717) is 29.5 Å². The molecule has 6 heteroatoms. The van der Waals surface area contributed by atoms with Crippen LogP contribution < -0.4 is 4.90 Å². The number of aromatic carboxylic acids is 1. The van der Waals surface area contributed by atoms with Crippen LogP contribution in [0.15, 0.2) is 6.07 Å². The van der Waals surface area contributed by atoms with Crippen LogP contribution in [-0.4, -0.2) is 36.7 Å². The highest BCUT2D eigenvalue weighted by Gasteiger charge is 2.35. The lowest BCUT2D eigenvalue weighted by Gasteiger charge is -2.35. The van der Waals surface area contributed by atoms with Gasteiger partial charge < -0.3 is 14.7 Å². The summed E-state index contributed by atoms with van der Waals surface area (Å²) >= 11 is 1.14. The smallest absolute Gasteiger partial charge is 0.348 e. The first-order chi connectivity index (χ1) is 14.1. The van der Waals surface area contributed by atoms with Crippen LogP contribution in [0.1, 0.15) is 81.3 Å². The highest BCUT2D eigenvalue weighted by Crippen LogP contribution is 2.36. The lowest BCUT2D eigenvalue weighted by molar-refractivity contribution is -0.124. The maximum atomic E-state index is 13.6. The van der Waals surface area contributed by atoms with Crippen molar-refractivity contribution in [1.29, 1.82) is 0 Å². The molecule has 1 heterocycles. The molecular formula is C24H35NO4S. The zero-order valence-electron chi connectivity index (χ0n) is 19.1. The number of hydrogen-bond acceptors (Lipinski definition) is 4. The van der Waals surface area contributed by atoms with Gasteiger partial charge in [0, 0.05) is 18.4 Å². The van der Waals surface area contributed by atoms with Gasteiger partial charge in [0.2, 0.25) is 5.91 Å². The van der Waals surface area contributed by atoms with Gasteiger partial charge in [-0.15, -0.1) is 11.3 Å². The van der Waals surface area contributed by atoms with Crippen LogP contribution in [0.2, 0.25) is 0 Å². The van der Waals surface area contributed by atoms with Crippen LogP contribution in [0.3, 0.4) is 0 Å². The molecule has 1 fully saturated rings. The van der Waals surface area contributed by atoms with Crippen LogP contribution in [-0.2, 0) is 9.53 Å². The molecule has 0 unspecified atom stereocenters. The number of anilines is 1. The lowest BCUT2D eigenvalue weighted by atomic mass is 9.82. The molecule has 1 aliphatic carbocycles. The van der Waals surface area contributed by atoms with Gasteiger partial charge in [-0.3, -0.25) is 4.79 Å². The van der Waals surface area contributed by atoms with Crippen molar-refractivity contribution < 1.29 is 19.4 Å². The van der Waals surface area contributed by atoms with Gasteiger partial charge in [0.15, 0.2) is 0 Å². The minimum atomic E-state index is -1.03. The number of nitrogens with zero attached hydrogens (tertiary/aromatic N) is 1. The van der Waals surface area contributed by atoms with Crippen molar-refractivity contribution >= 4 is 28.9 Å². The minimum absolute atomic E-state index is 0.0152. The Hall–Kier alpha value is -1.84. The third-order valence-corrected chi connectivity index (χ3v) is 6.55. The molecule has 1 aromatic rings. The van der Waals surface area contributed by atoms with E-state index in [1.165, 1.54) is 0 Å². The van der Waals surface area contributed by atoms with Crippen molar-refractivity contribution in [2.45, 2.75) is 72.8 Å². The van der Waals surface area contributed by atoms with E-state index >= 15 is 0 Å². The largest absolute Gasteiger partial charge is 0.477 e. The first-order valence-electron chi connectivity index (χ1n) is 10.8. The van der Waals surface area contributed by atoms with Crippen LogP contribution in [0, 0.1) is 29.1 Å². The second-order valence-corrected chi connectivity index (χ2v) is 10.4.